The van der Waals surface area contributed by atoms with Gasteiger partial charge in [-0.05, 0) is 20.3 Å². The van der Waals surface area contributed by atoms with Crippen LogP contribution in [0.2, 0.25) is 0 Å². The van der Waals surface area contributed by atoms with Gasteiger partial charge in [0, 0.05) is 24.7 Å². The molecule has 2 aliphatic heterocycles. The Hall–Kier alpha value is -2.56. The maximum atomic E-state index is 13.8. The summed E-state index contributed by atoms with van der Waals surface area (Å²) in [6, 6.07) is -0.391. The average molecular weight is 413 g/mol. The van der Waals surface area contributed by atoms with E-state index in [1.807, 2.05) is 11.8 Å². The molecule has 0 aliphatic carbocycles. The molecule has 11 heteroatoms. The highest BCUT2D eigenvalue weighted by Gasteiger charge is 2.47. The smallest absolute Gasteiger partial charge is 0.377 e. The Balaban J connectivity index is 1.79. The second-order valence-corrected chi connectivity index (χ2v) is 7.42. The summed E-state index contributed by atoms with van der Waals surface area (Å²) in [6.07, 6.45) is -3.36. The molecule has 0 amide bonds. The summed E-state index contributed by atoms with van der Waals surface area (Å²) < 4.78 is 53.0. The molecule has 0 spiro atoms. The normalized spacial score (nSPS) is 22.7. The first-order valence-electron chi connectivity index (χ1n) is 9.45. The van der Waals surface area contributed by atoms with Crippen LogP contribution in [0.25, 0.3) is 0 Å². The first kappa shape index (κ1) is 19.7. The Bertz CT molecular complexity index is 942. The lowest BCUT2D eigenvalue weighted by Gasteiger charge is -2.40. The monoisotopic (exact) mass is 413 g/mol. The number of halogens is 3. The van der Waals surface area contributed by atoms with Crippen molar-refractivity contribution in [3.05, 3.63) is 33.9 Å². The van der Waals surface area contributed by atoms with E-state index < -0.39 is 12.2 Å². The zero-order valence-corrected chi connectivity index (χ0v) is 16.1. The lowest BCUT2D eigenvalue weighted by Crippen LogP contribution is -2.52. The number of rotatable bonds is 3. The van der Waals surface area contributed by atoms with Crippen molar-refractivity contribution in [1.82, 2.24) is 14.7 Å². The van der Waals surface area contributed by atoms with Crippen molar-refractivity contribution >= 4 is 11.8 Å². The van der Waals surface area contributed by atoms with Crippen LogP contribution < -0.4 is 15.4 Å². The molecule has 4 heterocycles. The van der Waals surface area contributed by atoms with E-state index in [9.17, 15) is 18.0 Å². The van der Waals surface area contributed by atoms with Crippen molar-refractivity contribution < 1.29 is 22.4 Å². The van der Waals surface area contributed by atoms with Gasteiger partial charge in [-0.25, -0.2) is 0 Å². The Morgan fingerprint density at radius 1 is 1.31 bits per heavy atom. The molecule has 0 bridgehead atoms. The summed E-state index contributed by atoms with van der Waals surface area (Å²) in [5.74, 6) is 0.382. The van der Waals surface area contributed by atoms with Gasteiger partial charge >= 0.3 is 6.18 Å². The van der Waals surface area contributed by atoms with E-state index in [1.54, 1.807) is 6.92 Å². The summed E-state index contributed by atoms with van der Waals surface area (Å²) in [5.41, 5.74) is 0.659. The minimum atomic E-state index is -4.46. The molecule has 2 aromatic heterocycles. The molecule has 2 aliphatic rings. The largest absolute Gasteiger partial charge is 0.408 e. The highest BCUT2D eigenvalue weighted by molar-refractivity contribution is 5.48. The van der Waals surface area contributed by atoms with E-state index in [4.69, 9.17) is 9.26 Å². The Morgan fingerprint density at radius 2 is 2.10 bits per heavy atom. The number of hydrogen-bond donors (Lipinski definition) is 0. The highest BCUT2D eigenvalue weighted by Crippen LogP contribution is 2.35. The maximum Gasteiger partial charge on any atom is 0.408 e. The standard InChI is InChI=1S/C18H22F3N5O3/c1-11-9-28-6-5-24(11)15-7-16(27)25-4-3-14(18(19,20)21)26(17(25)22-15)8-13-10-29-23-12(13)2/h7,10-11,14H,3-6,8-9H2,1-2H3/t11-,14+/m1/s1. The third kappa shape index (κ3) is 3.70. The van der Waals surface area contributed by atoms with E-state index in [2.05, 4.69) is 10.1 Å². The first-order valence-corrected chi connectivity index (χ1v) is 9.45. The van der Waals surface area contributed by atoms with Crippen LogP contribution in [0, 0.1) is 6.92 Å². The zero-order chi connectivity index (χ0) is 20.8. The minimum Gasteiger partial charge on any atom is -0.377 e. The van der Waals surface area contributed by atoms with Crippen LogP contribution in [0.3, 0.4) is 0 Å². The number of ether oxygens (including phenoxy) is 1. The molecule has 2 atom stereocenters. The average Bonchev–Trinajstić information content (AvgIpc) is 3.06. The van der Waals surface area contributed by atoms with Crippen molar-refractivity contribution in [2.75, 3.05) is 29.6 Å². The Labute approximate surface area is 164 Å². The van der Waals surface area contributed by atoms with Gasteiger partial charge < -0.3 is 19.1 Å². The maximum absolute atomic E-state index is 13.8. The van der Waals surface area contributed by atoms with E-state index in [-0.39, 0.29) is 37.1 Å². The lowest BCUT2D eigenvalue weighted by atomic mass is 10.1. The van der Waals surface area contributed by atoms with Gasteiger partial charge in [0.2, 0.25) is 5.95 Å². The molecule has 0 radical (unpaired) electrons. The molecular weight excluding hydrogens is 391 g/mol. The van der Waals surface area contributed by atoms with Gasteiger partial charge in [-0.15, -0.1) is 0 Å². The van der Waals surface area contributed by atoms with E-state index >= 15 is 0 Å². The third-order valence-corrected chi connectivity index (χ3v) is 5.46. The summed E-state index contributed by atoms with van der Waals surface area (Å²) in [5, 5.41) is 3.75. The third-order valence-electron chi connectivity index (χ3n) is 5.46. The first-order chi connectivity index (χ1) is 13.8. The molecule has 0 unspecified atom stereocenters. The number of hydrogen-bond acceptors (Lipinski definition) is 7. The van der Waals surface area contributed by atoms with Gasteiger partial charge in [0.25, 0.3) is 5.56 Å². The number of aromatic nitrogens is 3. The van der Waals surface area contributed by atoms with E-state index in [0.717, 1.165) is 4.90 Å². The Kier molecular flexibility index (Phi) is 5.01. The fraction of sp³-hybridized carbons (Fsp3) is 0.611. The molecule has 1 fully saturated rings. The van der Waals surface area contributed by atoms with Gasteiger partial charge in [-0.2, -0.15) is 18.2 Å². The number of alkyl halides is 3. The van der Waals surface area contributed by atoms with Crippen molar-refractivity contribution in [2.24, 2.45) is 0 Å². The van der Waals surface area contributed by atoms with Gasteiger partial charge in [0.15, 0.2) is 0 Å². The Morgan fingerprint density at radius 3 is 2.76 bits per heavy atom. The molecule has 0 N–H and O–H groups in total. The molecule has 1 saturated heterocycles. The van der Waals surface area contributed by atoms with Crippen LogP contribution in [0.1, 0.15) is 24.6 Å². The number of aryl methyl sites for hydroxylation is 1. The molecule has 2 aromatic rings. The van der Waals surface area contributed by atoms with E-state index in [1.165, 1.54) is 16.9 Å². The van der Waals surface area contributed by atoms with Crippen molar-refractivity contribution in [3.63, 3.8) is 0 Å². The fourth-order valence-electron chi connectivity index (χ4n) is 3.84. The summed E-state index contributed by atoms with van der Waals surface area (Å²) >= 11 is 0. The lowest BCUT2D eigenvalue weighted by molar-refractivity contribution is -0.153. The fourth-order valence-corrected chi connectivity index (χ4v) is 3.84. The molecule has 8 nitrogen and oxygen atoms in total. The predicted octanol–water partition coefficient (Wildman–Crippen LogP) is 2.11. The highest BCUT2D eigenvalue weighted by atomic mass is 19.4. The molecule has 0 aromatic carbocycles. The molecule has 0 saturated carbocycles. The second-order valence-electron chi connectivity index (χ2n) is 7.42. The predicted molar refractivity (Wildman–Crippen MR) is 98.0 cm³/mol. The SMILES string of the molecule is Cc1nocc1CN1c2nc(N3CCOC[C@H]3C)cc(=O)n2CC[C@H]1C(F)(F)F. The second kappa shape index (κ2) is 7.36. The van der Waals surface area contributed by atoms with Crippen LogP contribution in [0.5, 0.6) is 0 Å². The van der Waals surface area contributed by atoms with Gasteiger partial charge in [-0.1, -0.05) is 5.16 Å². The quantitative estimate of drug-likeness (QED) is 0.763. The van der Waals surface area contributed by atoms with Gasteiger partial charge in [0.05, 0.1) is 31.5 Å². The summed E-state index contributed by atoms with van der Waals surface area (Å²) in [4.78, 5) is 20.3. The van der Waals surface area contributed by atoms with Crippen molar-refractivity contribution in [1.29, 1.82) is 0 Å². The molecular formula is C18H22F3N5O3. The van der Waals surface area contributed by atoms with Crippen LogP contribution in [0.15, 0.2) is 21.6 Å². The number of nitrogens with zero attached hydrogens (tertiary/aromatic N) is 5. The van der Waals surface area contributed by atoms with Crippen LogP contribution in [-0.2, 0) is 17.8 Å². The molecule has 158 valence electrons. The summed E-state index contributed by atoms with van der Waals surface area (Å²) in [7, 11) is 0. The van der Waals surface area contributed by atoms with Gasteiger partial charge in [0.1, 0.15) is 18.1 Å². The summed E-state index contributed by atoms with van der Waals surface area (Å²) in [6.45, 7) is 4.91. The van der Waals surface area contributed by atoms with E-state index in [0.29, 0.717) is 36.8 Å². The number of morpholine rings is 1. The molecule has 4 rings (SSSR count). The van der Waals surface area contributed by atoms with Gasteiger partial charge in [-0.3, -0.25) is 9.36 Å². The number of anilines is 2. The number of fused-ring (bicyclic) bond motifs is 1. The van der Waals surface area contributed by atoms with Crippen molar-refractivity contribution in [2.45, 2.75) is 51.6 Å². The van der Waals surface area contributed by atoms with Crippen LogP contribution in [-0.4, -0.2) is 52.7 Å². The van der Waals surface area contributed by atoms with Crippen LogP contribution in [0.4, 0.5) is 24.9 Å². The molecule has 29 heavy (non-hydrogen) atoms. The minimum absolute atomic E-state index is 0.0142. The van der Waals surface area contributed by atoms with Crippen LogP contribution >= 0.6 is 0 Å². The zero-order valence-electron chi connectivity index (χ0n) is 16.1. The van der Waals surface area contributed by atoms with Crippen molar-refractivity contribution in [3.8, 4) is 0 Å². The topological polar surface area (TPSA) is 76.6 Å².